The molecule has 0 unspecified atom stereocenters. The maximum absolute atomic E-state index is 9.82. The summed E-state index contributed by atoms with van der Waals surface area (Å²) in [6.07, 6.45) is 0.953. The van der Waals surface area contributed by atoms with E-state index >= 15 is 0 Å². The van der Waals surface area contributed by atoms with E-state index in [0.29, 0.717) is 11.7 Å². The fourth-order valence-electron chi connectivity index (χ4n) is 2.26. The van der Waals surface area contributed by atoms with E-state index in [2.05, 4.69) is 13.8 Å². The molecule has 0 saturated heterocycles. The molecule has 3 heteroatoms. The van der Waals surface area contributed by atoms with Gasteiger partial charge in [-0.15, -0.1) is 12.4 Å². The lowest BCUT2D eigenvalue weighted by Crippen LogP contribution is -2.13. The smallest absolute Gasteiger partial charge is 0.123 e. The number of fused-ring (bicyclic) bond motifs is 1. The lowest BCUT2D eigenvalue weighted by molar-refractivity contribution is 0.480. The van der Waals surface area contributed by atoms with Crippen LogP contribution in [0, 0.1) is 5.92 Å². The van der Waals surface area contributed by atoms with Gasteiger partial charge in [-0.1, -0.05) is 44.2 Å². The molecule has 2 rings (SSSR count). The van der Waals surface area contributed by atoms with Crippen molar-refractivity contribution in [2.24, 2.45) is 11.7 Å². The van der Waals surface area contributed by atoms with Crippen LogP contribution >= 0.6 is 12.4 Å². The zero-order valence-corrected chi connectivity index (χ0v) is 11.6. The highest BCUT2D eigenvalue weighted by Gasteiger charge is 2.12. The second kappa shape index (κ2) is 6.07. The van der Waals surface area contributed by atoms with Crippen LogP contribution < -0.4 is 5.73 Å². The third-order valence-electron chi connectivity index (χ3n) is 3.06. The number of phenols is 1. The predicted octanol–water partition coefficient (Wildman–Crippen LogP) is 4.01. The first kappa shape index (κ1) is 14.8. The van der Waals surface area contributed by atoms with Gasteiger partial charge in [0.2, 0.25) is 0 Å². The van der Waals surface area contributed by atoms with Gasteiger partial charge in [0, 0.05) is 11.4 Å². The van der Waals surface area contributed by atoms with Gasteiger partial charge >= 0.3 is 0 Å². The Bertz CT molecular complexity index is 525. The summed E-state index contributed by atoms with van der Waals surface area (Å²) in [5.74, 6) is 0.888. The van der Waals surface area contributed by atoms with Crippen LogP contribution in [0.1, 0.15) is 31.9 Å². The Morgan fingerprint density at radius 1 is 1.06 bits per heavy atom. The van der Waals surface area contributed by atoms with E-state index in [9.17, 15) is 5.11 Å². The van der Waals surface area contributed by atoms with Gasteiger partial charge in [0.05, 0.1) is 0 Å². The van der Waals surface area contributed by atoms with Gasteiger partial charge in [-0.3, -0.25) is 0 Å². The van der Waals surface area contributed by atoms with Crippen molar-refractivity contribution in [3.05, 3.63) is 42.0 Å². The number of nitrogens with two attached hydrogens (primary N) is 1. The molecule has 0 aliphatic heterocycles. The normalized spacial score (nSPS) is 12.4. The Kier molecular flexibility index (Phi) is 5.00. The molecule has 98 valence electrons. The van der Waals surface area contributed by atoms with Crippen molar-refractivity contribution in [1.82, 2.24) is 0 Å². The highest BCUT2D eigenvalue weighted by molar-refractivity contribution is 5.91. The average Bonchev–Trinajstić information content (AvgIpc) is 2.29. The molecule has 18 heavy (non-hydrogen) atoms. The summed E-state index contributed by atoms with van der Waals surface area (Å²) in [6, 6.07) is 11.6. The van der Waals surface area contributed by atoms with E-state index in [4.69, 9.17) is 5.73 Å². The fourth-order valence-corrected chi connectivity index (χ4v) is 2.26. The summed E-state index contributed by atoms with van der Waals surface area (Å²) in [7, 11) is 0. The van der Waals surface area contributed by atoms with E-state index in [1.807, 2.05) is 30.3 Å². The molecule has 2 nitrogen and oxygen atoms in total. The van der Waals surface area contributed by atoms with Crippen molar-refractivity contribution in [3.8, 4) is 5.75 Å². The van der Waals surface area contributed by atoms with Crippen molar-refractivity contribution < 1.29 is 5.11 Å². The minimum atomic E-state index is 0. The summed E-state index contributed by atoms with van der Waals surface area (Å²) in [5, 5.41) is 11.8. The molecule has 0 spiro atoms. The first-order valence-corrected chi connectivity index (χ1v) is 6.05. The summed E-state index contributed by atoms with van der Waals surface area (Å²) in [5.41, 5.74) is 7.35. The molecular weight excluding hydrogens is 246 g/mol. The minimum absolute atomic E-state index is 0. The van der Waals surface area contributed by atoms with Crippen molar-refractivity contribution in [3.63, 3.8) is 0 Å². The molecule has 0 heterocycles. The summed E-state index contributed by atoms with van der Waals surface area (Å²) >= 11 is 0. The zero-order valence-electron chi connectivity index (χ0n) is 10.8. The number of benzene rings is 2. The quantitative estimate of drug-likeness (QED) is 0.881. The number of hydrogen-bond acceptors (Lipinski definition) is 2. The Balaban J connectivity index is 0.00000162. The van der Waals surface area contributed by atoms with Gasteiger partial charge in [0.15, 0.2) is 0 Å². The summed E-state index contributed by atoms with van der Waals surface area (Å²) in [4.78, 5) is 0. The molecule has 0 aromatic heterocycles. The Labute approximate surface area is 114 Å². The van der Waals surface area contributed by atoms with Crippen LogP contribution in [-0.4, -0.2) is 5.11 Å². The van der Waals surface area contributed by atoms with E-state index in [0.717, 1.165) is 22.8 Å². The van der Waals surface area contributed by atoms with Gasteiger partial charge in [0.1, 0.15) is 5.75 Å². The highest BCUT2D eigenvalue weighted by atomic mass is 35.5. The minimum Gasteiger partial charge on any atom is -0.507 e. The number of phenolic OH excluding ortho intramolecular Hbond substituents is 1. The topological polar surface area (TPSA) is 46.2 Å². The van der Waals surface area contributed by atoms with Crippen LogP contribution in [0.3, 0.4) is 0 Å². The summed E-state index contributed by atoms with van der Waals surface area (Å²) < 4.78 is 0. The Hall–Kier alpha value is -1.25. The molecule has 0 fully saturated rings. The Morgan fingerprint density at radius 3 is 2.28 bits per heavy atom. The van der Waals surface area contributed by atoms with Crippen molar-refractivity contribution in [1.29, 1.82) is 0 Å². The van der Waals surface area contributed by atoms with Gasteiger partial charge < -0.3 is 10.8 Å². The molecular formula is C15H20ClNO. The molecule has 3 N–H and O–H groups in total. The monoisotopic (exact) mass is 265 g/mol. The zero-order chi connectivity index (χ0) is 12.4. The number of aromatic hydroxyl groups is 1. The first-order chi connectivity index (χ1) is 8.09. The van der Waals surface area contributed by atoms with Crippen LogP contribution in [0.2, 0.25) is 0 Å². The van der Waals surface area contributed by atoms with Crippen LogP contribution in [0.4, 0.5) is 0 Å². The van der Waals surface area contributed by atoms with Gasteiger partial charge in [-0.25, -0.2) is 0 Å². The van der Waals surface area contributed by atoms with E-state index in [1.165, 1.54) is 0 Å². The van der Waals surface area contributed by atoms with Gasteiger partial charge in [-0.05, 0) is 29.4 Å². The maximum Gasteiger partial charge on any atom is 0.123 e. The number of rotatable bonds is 3. The molecule has 2 aromatic carbocycles. The SMILES string of the molecule is CC(C)C[C@@H](N)c1ccc(O)c2ccccc12.Cl. The second-order valence-electron chi connectivity index (χ2n) is 4.96. The van der Waals surface area contributed by atoms with Gasteiger partial charge in [-0.2, -0.15) is 0 Å². The molecule has 2 aromatic rings. The highest BCUT2D eigenvalue weighted by Crippen LogP contribution is 2.31. The molecule has 0 bridgehead atoms. The number of halogens is 1. The fraction of sp³-hybridized carbons (Fsp3) is 0.333. The molecule has 0 radical (unpaired) electrons. The lowest BCUT2D eigenvalue weighted by atomic mass is 9.93. The third-order valence-corrected chi connectivity index (χ3v) is 3.06. The average molecular weight is 266 g/mol. The number of hydrogen-bond donors (Lipinski definition) is 2. The molecule has 0 saturated carbocycles. The Morgan fingerprint density at radius 2 is 1.67 bits per heavy atom. The van der Waals surface area contributed by atoms with E-state index < -0.39 is 0 Å². The van der Waals surface area contributed by atoms with Crippen molar-refractivity contribution in [2.75, 3.05) is 0 Å². The van der Waals surface area contributed by atoms with Gasteiger partial charge in [0.25, 0.3) is 0 Å². The molecule has 0 aliphatic carbocycles. The summed E-state index contributed by atoms with van der Waals surface area (Å²) in [6.45, 7) is 4.34. The van der Waals surface area contributed by atoms with Crippen LogP contribution in [0.25, 0.3) is 10.8 Å². The van der Waals surface area contributed by atoms with Crippen LogP contribution in [0.5, 0.6) is 5.75 Å². The second-order valence-corrected chi connectivity index (χ2v) is 4.96. The maximum atomic E-state index is 9.82. The molecule has 0 aliphatic rings. The van der Waals surface area contributed by atoms with Crippen molar-refractivity contribution >= 4 is 23.2 Å². The van der Waals surface area contributed by atoms with Crippen LogP contribution in [0.15, 0.2) is 36.4 Å². The lowest BCUT2D eigenvalue weighted by Gasteiger charge is -2.17. The molecule has 1 atom stereocenters. The van der Waals surface area contributed by atoms with E-state index in [-0.39, 0.29) is 18.4 Å². The first-order valence-electron chi connectivity index (χ1n) is 6.05. The molecule has 0 amide bonds. The van der Waals surface area contributed by atoms with Crippen molar-refractivity contribution in [2.45, 2.75) is 26.3 Å². The third kappa shape index (κ3) is 2.95. The largest absolute Gasteiger partial charge is 0.507 e. The standard InChI is InChI=1S/C15H19NO.ClH/c1-10(2)9-14(16)12-7-8-15(17)13-6-4-3-5-11(12)13;/h3-8,10,14,17H,9,16H2,1-2H3;1H/t14-;/m1./s1. The van der Waals surface area contributed by atoms with Crippen LogP contribution in [-0.2, 0) is 0 Å². The predicted molar refractivity (Wildman–Crippen MR) is 79.2 cm³/mol. The van der Waals surface area contributed by atoms with E-state index in [1.54, 1.807) is 6.07 Å².